The summed E-state index contributed by atoms with van der Waals surface area (Å²) in [6.07, 6.45) is 1.15. The van der Waals surface area contributed by atoms with Crippen LogP contribution in [0.1, 0.15) is 25.8 Å². The average molecular weight is 282 g/mol. The Morgan fingerprint density at radius 1 is 1.53 bits per heavy atom. The van der Waals surface area contributed by atoms with Gasteiger partial charge in [0.05, 0.1) is 6.10 Å². The van der Waals surface area contributed by atoms with Crippen molar-refractivity contribution in [2.75, 3.05) is 12.4 Å². The lowest BCUT2D eigenvalue weighted by atomic mass is 9.64. The fourth-order valence-electron chi connectivity index (χ4n) is 2.56. The highest BCUT2D eigenvalue weighted by atomic mass is 32.1. The maximum Gasteiger partial charge on any atom is 0.124 e. The normalized spacial score (nSPS) is 24.6. The van der Waals surface area contributed by atoms with E-state index in [4.69, 9.17) is 22.7 Å². The van der Waals surface area contributed by atoms with Gasteiger partial charge in [0.15, 0.2) is 0 Å². The van der Waals surface area contributed by atoms with Gasteiger partial charge >= 0.3 is 0 Å². The first-order chi connectivity index (χ1) is 8.86. The molecular formula is C14H19FN2OS. The summed E-state index contributed by atoms with van der Waals surface area (Å²) < 4.78 is 18.7. The number of anilines is 1. The number of rotatable bonds is 4. The summed E-state index contributed by atoms with van der Waals surface area (Å²) in [5.41, 5.74) is 6.99. The van der Waals surface area contributed by atoms with Crippen molar-refractivity contribution in [1.82, 2.24) is 0 Å². The largest absolute Gasteiger partial charge is 0.389 e. The van der Waals surface area contributed by atoms with E-state index < -0.39 is 0 Å². The molecule has 1 aliphatic carbocycles. The van der Waals surface area contributed by atoms with Gasteiger partial charge in [-0.2, -0.15) is 0 Å². The molecular weight excluding hydrogens is 263 g/mol. The monoisotopic (exact) mass is 282 g/mol. The van der Waals surface area contributed by atoms with Crippen molar-refractivity contribution in [3.8, 4) is 0 Å². The number of ether oxygens (including phenoxy) is 1. The van der Waals surface area contributed by atoms with Crippen LogP contribution >= 0.6 is 12.2 Å². The molecule has 0 heterocycles. The summed E-state index contributed by atoms with van der Waals surface area (Å²) in [4.78, 5) is 0.197. The molecule has 1 aliphatic rings. The fourth-order valence-corrected chi connectivity index (χ4v) is 2.73. The molecule has 3 nitrogen and oxygen atoms in total. The van der Waals surface area contributed by atoms with Crippen LogP contribution in [0, 0.1) is 11.2 Å². The highest BCUT2D eigenvalue weighted by Gasteiger charge is 2.48. The van der Waals surface area contributed by atoms with Crippen LogP contribution in [-0.2, 0) is 4.74 Å². The number of thiocarbonyl (C=S) groups is 1. The van der Waals surface area contributed by atoms with Crippen LogP contribution in [0.5, 0.6) is 0 Å². The number of nitrogens with one attached hydrogen (secondary N) is 1. The minimum Gasteiger partial charge on any atom is -0.389 e. The zero-order valence-corrected chi connectivity index (χ0v) is 12.2. The molecule has 0 saturated heterocycles. The van der Waals surface area contributed by atoms with E-state index in [0.29, 0.717) is 5.56 Å². The number of nitrogens with two attached hydrogens (primary N) is 1. The first kappa shape index (κ1) is 14.2. The molecule has 0 radical (unpaired) electrons. The molecule has 0 amide bonds. The molecule has 0 aromatic heterocycles. The van der Waals surface area contributed by atoms with E-state index in [-0.39, 0.29) is 28.4 Å². The van der Waals surface area contributed by atoms with Crippen LogP contribution in [0.25, 0.3) is 0 Å². The van der Waals surface area contributed by atoms with Crippen LogP contribution in [0.15, 0.2) is 18.2 Å². The van der Waals surface area contributed by atoms with Crippen LogP contribution in [0.2, 0.25) is 0 Å². The molecule has 19 heavy (non-hydrogen) atoms. The number of methoxy groups -OCH3 is 1. The summed E-state index contributed by atoms with van der Waals surface area (Å²) in [5, 5.41) is 3.40. The number of benzene rings is 1. The molecule has 1 fully saturated rings. The van der Waals surface area contributed by atoms with E-state index in [2.05, 4.69) is 19.2 Å². The zero-order chi connectivity index (χ0) is 14.2. The van der Waals surface area contributed by atoms with Gasteiger partial charge in [-0.1, -0.05) is 26.1 Å². The van der Waals surface area contributed by atoms with Gasteiger partial charge in [0.25, 0.3) is 0 Å². The van der Waals surface area contributed by atoms with Crippen molar-refractivity contribution in [1.29, 1.82) is 0 Å². The highest BCUT2D eigenvalue weighted by molar-refractivity contribution is 7.80. The summed E-state index contributed by atoms with van der Waals surface area (Å²) in [6.45, 7) is 4.29. The number of hydrogen-bond donors (Lipinski definition) is 2. The SMILES string of the molecule is COC1CC(Nc2ccc(F)cc2C(N)=S)C1(C)C. The third-order valence-electron chi connectivity index (χ3n) is 4.04. The van der Waals surface area contributed by atoms with Gasteiger partial charge in [-0.15, -0.1) is 0 Å². The predicted octanol–water partition coefficient (Wildman–Crippen LogP) is 2.69. The summed E-state index contributed by atoms with van der Waals surface area (Å²) >= 11 is 4.97. The second-order valence-electron chi connectivity index (χ2n) is 5.53. The van der Waals surface area contributed by atoms with Crippen LogP contribution in [0.4, 0.5) is 10.1 Å². The maximum atomic E-state index is 13.2. The van der Waals surface area contributed by atoms with Gasteiger partial charge in [-0.05, 0) is 24.6 Å². The zero-order valence-electron chi connectivity index (χ0n) is 11.4. The Morgan fingerprint density at radius 3 is 2.74 bits per heavy atom. The van der Waals surface area contributed by atoms with Crippen LogP contribution < -0.4 is 11.1 Å². The first-order valence-corrected chi connectivity index (χ1v) is 6.65. The van der Waals surface area contributed by atoms with Gasteiger partial charge in [-0.25, -0.2) is 4.39 Å². The van der Waals surface area contributed by atoms with E-state index in [1.807, 2.05) is 0 Å². The Labute approximate surface area is 118 Å². The Balaban J connectivity index is 2.19. The Kier molecular flexibility index (Phi) is 3.78. The van der Waals surface area contributed by atoms with E-state index >= 15 is 0 Å². The highest BCUT2D eigenvalue weighted by Crippen LogP contribution is 2.44. The minimum absolute atomic E-state index is 0.0244. The molecule has 5 heteroatoms. The fraction of sp³-hybridized carbons (Fsp3) is 0.500. The van der Waals surface area contributed by atoms with E-state index in [1.54, 1.807) is 13.2 Å². The Bertz CT molecular complexity index is 504. The second-order valence-corrected chi connectivity index (χ2v) is 5.97. The van der Waals surface area contributed by atoms with Crippen molar-refractivity contribution >= 4 is 22.9 Å². The maximum absolute atomic E-state index is 13.2. The quantitative estimate of drug-likeness (QED) is 0.834. The molecule has 3 N–H and O–H groups in total. The summed E-state index contributed by atoms with van der Waals surface area (Å²) in [6, 6.07) is 4.71. The van der Waals surface area contributed by atoms with E-state index in [9.17, 15) is 4.39 Å². The molecule has 0 spiro atoms. The predicted molar refractivity (Wildman–Crippen MR) is 78.9 cm³/mol. The third-order valence-corrected chi connectivity index (χ3v) is 4.26. The lowest BCUT2D eigenvalue weighted by molar-refractivity contribution is -0.0794. The molecule has 1 saturated carbocycles. The standard InChI is InChI=1S/C14H19FN2OS/c1-14(2)11(7-12(14)18-3)17-10-5-4-8(15)6-9(10)13(16)19/h4-6,11-12,17H,7H2,1-3H3,(H2,16,19). The van der Waals surface area contributed by atoms with Gasteiger partial charge in [-0.3, -0.25) is 0 Å². The lowest BCUT2D eigenvalue weighted by Gasteiger charge is -2.51. The molecule has 2 unspecified atom stereocenters. The summed E-state index contributed by atoms with van der Waals surface area (Å²) in [7, 11) is 1.72. The minimum atomic E-state index is -0.337. The van der Waals surface area contributed by atoms with E-state index in [0.717, 1.165) is 12.1 Å². The summed E-state index contributed by atoms with van der Waals surface area (Å²) in [5.74, 6) is -0.337. The van der Waals surface area contributed by atoms with Gasteiger partial charge in [0, 0.05) is 29.8 Å². The second kappa shape index (κ2) is 5.06. The van der Waals surface area contributed by atoms with Crippen LogP contribution in [0.3, 0.4) is 0 Å². The number of halogens is 1. The van der Waals surface area contributed by atoms with Crippen molar-refractivity contribution < 1.29 is 9.13 Å². The molecule has 2 rings (SSSR count). The molecule has 104 valence electrons. The molecule has 1 aromatic carbocycles. The molecule has 0 bridgehead atoms. The van der Waals surface area contributed by atoms with Gasteiger partial charge in [0.2, 0.25) is 0 Å². The van der Waals surface area contributed by atoms with Crippen molar-refractivity contribution in [2.24, 2.45) is 11.1 Å². The molecule has 0 aliphatic heterocycles. The average Bonchev–Trinajstić information content (AvgIpc) is 2.35. The van der Waals surface area contributed by atoms with Crippen molar-refractivity contribution in [3.05, 3.63) is 29.6 Å². The van der Waals surface area contributed by atoms with E-state index in [1.165, 1.54) is 12.1 Å². The molecule has 1 aromatic rings. The first-order valence-electron chi connectivity index (χ1n) is 6.25. The van der Waals surface area contributed by atoms with Gasteiger partial charge in [0.1, 0.15) is 10.8 Å². The van der Waals surface area contributed by atoms with Gasteiger partial charge < -0.3 is 15.8 Å². The van der Waals surface area contributed by atoms with Crippen LogP contribution in [-0.4, -0.2) is 24.2 Å². The number of hydrogen-bond acceptors (Lipinski definition) is 3. The van der Waals surface area contributed by atoms with Crippen molar-refractivity contribution in [3.63, 3.8) is 0 Å². The third kappa shape index (κ3) is 2.58. The lowest BCUT2D eigenvalue weighted by Crippen LogP contribution is -2.57. The smallest absolute Gasteiger partial charge is 0.124 e. The molecule has 2 atom stereocenters. The topological polar surface area (TPSA) is 47.3 Å². The Hall–Kier alpha value is -1.20. The van der Waals surface area contributed by atoms with Crippen molar-refractivity contribution in [2.45, 2.75) is 32.4 Å². The Morgan fingerprint density at radius 2 is 2.21 bits per heavy atom.